The molecular formula is C22H19F4N7O3. The summed E-state index contributed by atoms with van der Waals surface area (Å²) in [6.45, 7) is -2.18. The van der Waals surface area contributed by atoms with E-state index >= 15 is 0 Å². The maximum atomic E-state index is 14.1. The first-order valence-electron chi connectivity index (χ1n) is 10.8. The van der Waals surface area contributed by atoms with E-state index in [0.29, 0.717) is 6.07 Å². The van der Waals surface area contributed by atoms with Gasteiger partial charge in [-0.3, -0.25) is 9.59 Å². The number of carbonyl (C=O) groups excluding carboxylic acids is 2. The Labute approximate surface area is 200 Å². The molecule has 3 heterocycles. The predicted molar refractivity (Wildman–Crippen MR) is 117 cm³/mol. The molecule has 1 aromatic carbocycles. The molecule has 10 nitrogen and oxygen atoms in total. The molecule has 14 heteroatoms. The Morgan fingerprint density at radius 3 is 2.72 bits per heavy atom. The molecule has 1 saturated carbocycles. The minimum absolute atomic E-state index is 0.00393. The van der Waals surface area contributed by atoms with Crippen LogP contribution < -0.4 is 21.1 Å². The molecule has 4 N–H and O–H groups in total. The van der Waals surface area contributed by atoms with Crippen LogP contribution in [0.4, 0.5) is 29.2 Å². The van der Waals surface area contributed by atoms with Crippen molar-refractivity contribution in [3.8, 4) is 17.4 Å². The number of aromatic nitrogens is 4. The summed E-state index contributed by atoms with van der Waals surface area (Å²) in [4.78, 5) is 34.0. The molecule has 2 aromatic heterocycles. The van der Waals surface area contributed by atoms with Crippen molar-refractivity contribution in [2.45, 2.75) is 44.4 Å². The topological polar surface area (TPSA) is 137 Å². The number of rotatable bonds is 7. The third kappa shape index (κ3) is 4.07. The Balaban J connectivity index is 1.52. The first kappa shape index (κ1) is 23.5. The molecule has 188 valence electrons. The number of fused-ring (bicyclic) bond motifs is 1. The van der Waals surface area contributed by atoms with Gasteiger partial charge in [0, 0.05) is 23.7 Å². The highest BCUT2D eigenvalue weighted by Crippen LogP contribution is 2.41. The summed E-state index contributed by atoms with van der Waals surface area (Å²) in [6, 6.07) is 3.89. The number of benzene rings is 1. The zero-order chi connectivity index (χ0) is 25.8. The molecule has 2 aliphatic rings. The van der Waals surface area contributed by atoms with Crippen molar-refractivity contribution in [1.29, 1.82) is 0 Å². The van der Waals surface area contributed by atoms with Crippen molar-refractivity contribution < 1.29 is 31.9 Å². The number of ether oxygens (including phenoxy) is 1. The van der Waals surface area contributed by atoms with Crippen LogP contribution in [0.15, 0.2) is 24.3 Å². The quantitative estimate of drug-likeness (QED) is 0.331. The Bertz CT molecular complexity index is 1390. The van der Waals surface area contributed by atoms with Crippen molar-refractivity contribution in [2.24, 2.45) is 0 Å². The van der Waals surface area contributed by atoms with Gasteiger partial charge in [0.05, 0.1) is 12.1 Å². The van der Waals surface area contributed by atoms with Gasteiger partial charge in [-0.05, 0) is 25.8 Å². The number of alkyl halides is 2. The number of nitrogens with two attached hydrogens (primary N) is 1. The van der Waals surface area contributed by atoms with E-state index in [2.05, 4.69) is 30.4 Å². The van der Waals surface area contributed by atoms with Gasteiger partial charge in [0.2, 0.25) is 17.7 Å². The highest BCUT2D eigenvalue weighted by atomic mass is 19.3. The molecule has 1 atom stereocenters. The fraction of sp³-hybridized carbons (Fsp3) is 0.318. The van der Waals surface area contributed by atoms with E-state index in [9.17, 15) is 27.2 Å². The molecule has 2 amide bonds. The Morgan fingerprint density at radius 2 is 2.06 bits per heavy atom. The lowest BCUT2D eigenvalue weighted by Gasteiger charge is -2.21. The molecule has 1 aliphatic heterocycles. The van der Waals surface area contributed by atoms with Crippen LogP contribution in [0.2, 0.25) is 0 Å². The lowest BCUT2D eigenvalue weighted by molar-refractivity contribution is -0.133. The van der Waals surface area contributed by atoms with Crippen LogP contribution in [0.25, 0.3) is 11.5 Å². The largest absolute Gasteiger partial charge is 0.417 e. The number of carbonyl (C=O) groups is 2. The third-order valence-electron chi connectivity index (χ3n) is 6.01. The molecule has 0 spiro atoms. The molecule has 3 aromatic rings. The van der Waals surface area contributed by atoms with Gasteiger partial charge in [-0.15, -0.1) is 0 Å². The van der Waals surface area contributed by atoms with E-state index in [4.69, 9.17) is 5.73 Å². The molecule has 1 fully saturated rings. The monoisotopic (exact) mass is 505 g/mol. The number of nitrogens with zero attached hydrogens (tertiary/aromatic N) is 4. The van der Waals surface area contributed by atoms with Crippen LogP contribution in [0.3, 0.4) is 0 Å². The van der Waals surface area contributed by atoms with E-state index in [1.165, 1.54) is 6.92 Å². The standard InChI is InChI=1S/C22H19F4N7O3/c1-22(19(34)28-11-4-5-11)15-16(27)29-17(30-18(15)31-20(22)35)13-7-14(36-21(25)26)33(32-13)8-9-2-3-10(23)6-12(9)24/h2-3,6-7,11,21H,4-5,8H2,1H3,(H,28,34)(H3,27,29,30,31,35). The Hall–Kier alpha value is -4.23. The van der Waals surface area contributed by atoms with Crippen molar-refractivity contribution in [3.63, 3.8) is 0 Å². The second-order valence-corrected chi connectivity index (χ2v) is 8.62. The van der Waals surface area contributed by atoms with Crippen LogP contribution in [0, 0.1) is 11.6 Å². The van der Waals surface area contributed by atoms with Gasteiger partial charge in [0.15, 0.2) is 11.2 Å². The second-order valence-electron chi connectivity index (χ2n) is 8.62. The average molecular weight is 505 g/mol. The van der Waals surface area contributed by atoms with Gasteiger partial charge in [-0.25, -0.2) is 23.4 Å². The fourth-order valence-corrected chi connectivity index (χ4v) is 3.92. The highest BCUT2D eigenvalue weighted by molar-refractivity contribution is 6.21. The van der Waals surface area contributed by atoms with Gasteiger partial charge >= 0.3 is 6.61 Å². The van der Waals surface area contributed by atoms with E-state index in [0.717, 1.165) is 35.7 Å². The van der Waals surface area contributed by atoms with Crippen molar-refractivity contribution >= 4 is 23.5 Å². The first-order valence-corrected chi connectivity index (χ1v) is 10.8. The lowest BCUT2D eigenvalue weighted by atomic mass is 9.83. The first-order chi connectivity index (χ1) is 17.1. The van der Waals surface area contributed by atoms with E-state index in [-0.39, 0.29) is 46.9 Å². The highest BCUT2D eigenvalue weighted by Gasteiger charge is 2.53. The van der Waals surface area contributed by atoms with Crippen LogP contribution >= 0.6 is 0 Å². The van der Waals surface area contributed by atoms with E-state index < -0.39 is 41.4 Å². The van der Waals surface area contributed by atoms with Crippen molar-refractivity contribution in [2.75, 3.05) is 11.1 Å². The summed E-state index contributed by atoms with van der Waals surface area (Å²) < 4.78 is 58.8. The molecule has 1 unspecified atom stereocenters. The number of nitrogen functional groups attached to an aromatic ring is 1. The minimum atomic E-state index is -3.22. The second kappa shape index (κ2) is 8.46. The number of amides is 2. The summed E-state index contributed by atoms with van der Waals surface area (Å²) in [5.74, 6) is -3.69. The van der Waals surface area contributed by atoms with E-state index in [1.807, 2.05) is 0 Å². The van der Waals surface area contributed by atoms with Crippen molar-refractivity contribution in [1.82, 2.24) is 25.1 Å². The van der Waals surface area contributed by atoms with Gasteiger partial charge in [-0.1, -0.05) is 6.07 Å². The van der Waals surface area contributed by atoms with Crippen LogP contribution in [-0.4, -0.2) is 44.2 Å². The van der Waals surface area contributed by atoms with Crippen LogP contribution in [0.5, 0.6) is 5.88 Å². The predicted octanol–water partition coefficient (Wildman–Crippen LogP) is 2.34. The molecule has 5 rings (SSSR count). The number of hydrogen-bond donors (Lipinski definition) is 3. The average Bonchev–Trinajstić information content (AvgIpc) is 3.46. The van der Waals surface area contributed by atoms with Crippen LogP contribution in [-0.2, 0) is 21.5 Å². The summed E-state index contributed by atoms with van der Waals surface area (Å²) in [7, 11) is 0. The smallest absolute Gasteiger partial charge is 0.388 e. The summed E-state index contributed by atoms with van der Waals surface area (Å²) in [6.07, 6.45) is 1.63. The summed E-state index contributed by atoms with van der Waals surface area (Å²) in [5, 5.41) is 9.41. The molecule has 0 bridgehead atoms. The molecule has 0 saturated heterocycles. The number of nitrogens with one attached hydrogen (secondary N) is 2. The SMILES string of the molecule is CC1(C(=O)NC2CC2)C(=O)Nc2nc(-c3cc(OC(F)F)n(Cc4ccc(F)cc4F)n3)nc(N)c21. The maximum Gasteiger partial charge on any atom is 0.388 e. The Kier molecular flexibility index (Phi) is 5.53. The van der Waals surface area contributed by atoms with Gasteiger partial charge in [0.1, 0.15) is 29.0 Å². The molecule has 1 aliphatic carbocycles. The lowest BCUT2D eigenvalue weighted by Crippen LogP contribution is -2.48. The summed E-state index contributed by atoms with van der Waals surface area (Å²) in [5.41, 5.74) is 4.43. The number of anilines is 2. The normalized spacial score (nSPS) is 18.8. The molecule has 0 radical (unpaired) electrons. The van der Waals surface area contributed by atoms with Gasteiger partial charge in [0.25, 0.3) is 0 Å². The van der Waals surface area contributed by atoms with Gasteiger partial charge in [-0.2, -0.15) is 13.9 Å². The van der Waals surface area contributed by atoms with Crippen LogP contribution in [0.1, 0.15) is 30.9 Å². The number of halogens is 4. The maximum absolute atomic E-state index is 14.1. The number of hydrogen-bond acceptors (Lipinski definition) is 7. The fourth-order valence-electron chi connectivity index (χ4n) is 3.92. The Morgan fingerprint density at radius 1 is 1.31 bits per heavy atom. The van der Waals surface area contributed by atoms with Crippen molar-refractivity contribution in [3.05, 3.63) is 47.0 Å². The molecular weight excluding hydrogens is 486 g/mol. The zero-order valence-corrected chi connectivity index (χ0v) is 18.7. The third-order valence-corrected chi connectivity index (χ3v) is 6.01. The minimum Gasteiger partial charge on any atom is -0.417 e. The van der Waals surface area contributed by atoms with Gasteiger partial charge < -0.3 is 21.1 Å². The summed E-state index contributed by atoms with van der Waals surface area (Å²) >= 11 is 0. The molecule has 36 heavy (non-hydrogen) atoms. The zero-order valence-electron chi connectivity index (χ0n) is 18.7. The van der Waals surface area contributed by atoms with E-state index in [1.54, 1.807) is 0 Å².